The van der Waals surface area contributed by atoms with Crippen molar-refractivity contribution < 1.29 is 14.3 Å². The molecule has 1 saturated heterocycles. The van der Waals surface area contributed by atoms with Crippen LogP contribution in [0.3, 0.4) is 0 Å². The fourth-order valence-corrected chi connectivity index (χ4v) is 3.65. The molecule has 3 amide bonds. The van der Waals surface area contributed by atoms with E-state index >= 15 is 0 Å². The predicted octanol–water partition coefficient (Wildman–Crippen LogP) is 3.75. The summed E-state index contributed by atoms with van der Waals surface area (Å²) in [4.78, 5) is 29.3. The number of rotatable bonds is 7. The van der Waals surface area contributed by atoms with Crippen molar-refractivity contribution in [1.29, 1.82) is 0 Å². The fraction of sp³-hybridized carbons (Fsp3) is 0.238. The first-order valence-corrected chi connectivity index (χ1v) is 9.55. The van der Waals surface area contributed by atoms with Crippen molar-refractivity contribution in [1.82, 2.24) is 15.2 Å². The Morgan fingerprint density at radius 1 is 1.07 bits per heavy atom. The number of ether oxygens (including phenoxy) is 1. The number of carbonyl (C=O) groups excluding carboxylic acids is 2. The minimum atomic E-state index is -0.569. The van der Waals surface area contributed by atoms with Crippen LogP contribution in [-0.2, 0) is 11.2 Å². The van der Waals surface area contributed by atoms with Crippen molar-refractivity contribution >= 4 is 34.4 Å². The van der Waals surface area contributed by atoms with Gasteiger partial charge in [0.1, 0.15) is 11.8 Å². The molecule has 1 aliphatic rings. The van der Waals surface area contributed by atoms with Gasteiger partial charge in [-0.15, -0.1) is 0 Å². The number of aromatic nitrogens is 1. The molecule has 0 spiro atoms. The number of amides is 3. The van der Waals surface area contributed by atoms with Crippen molar-refractivity contribution in [3.8, 4) is 5.75 Å². The highest BCUT2D eigenvalue weighted by molar-refractivity contribution is 6.35. The zero-order valence-electron chi connectivity index (χ0n) is 15.2. The Kier molecular flexibility index (Phi) is 5.21. The van der Waals surface area contributed by atoms with Crippen molar-refractivity contribution in [3.05, 3.63) is 65.3 Å². The molecule has 0 aliphatic carbocycles. The van der Waals surface area contributed by atoms with Crippen LogP contribution in [0.25, 0.3) is 10.9 Å². The Hall–Kier alpha value is -2.99. The average molecular weight is 398 g/mol. The second-order valence-corrected chi connectivity index (χ2v) is 7.09. The highest BCUT2D eigenvalue weighted by atomic mass is 35.5. The molecular weight excluding hydrogens is 378 g/mol. The number of halogens is 1. The zero-order valence-corrected chi connectivity index (χ0v) is 15.9. The molecule has 0 radical (unpaired) electrons. The van der Waals surface area contributed by atoms with Crippen LogP contribution in [0.5, 0.6) is 5.75 Å². The van der Waals surface area contributed by atoms with E-state index in [2.05, 4.69) is 10.3 Å². The Bertz CT molecular complexity index is 1000. The topological polar surface area (TPSA) is 74.4 Å². The van der Waals surface area contributed by atoms with Gasteiger partial charge in [0.2, 0.25) is 0 Å². The number of hydrogen-bond acceptors (Lipinski definition) is 3. The maximum atomic E-state index is 12.7. The first kappa shape index (κ1) is 18.4. The monoisotopic (exact) mass is 397 g/mol. The summed E-state index contributed by atoms with van der Waals surface area (Å²) in [5.41, 5.74) is 1.79. The van der Waals surface area contributed by atoms with E-state index in [0.29, 0.717) is 31.0 Å². The first-order chi connectivity index (χ1) is 13.6. The largest absolute Gasteiger partial charge is 0.494 e. The van der Waals surface area contributed by atoms with Gasteiger partial charge in [0.05, 0.1) is 17.1 Å². The number of nitrogens with zero attached hydrogens (tertiary/aromatic N) is 1. The fourth-order valence-electron chi connectivity index (χ4n) is 3.42. The normalized spacial score (nSPS) is 16.6. The highest BCUT2D eigenvalue weighted by Crippen LogP contribution is 2.26. The summed E-state index contributed by atoms with van der Waals surface area (Å²) in [7, 11) is 0. The SMILES string of the molecule is O=C1N[C@H](Cc2c[nH]c3c(Cl)cccc23)C(=O)N1CCCOc1ccccc1. The van der Waals surface area contributed by atoms with Crippen molar-refractivity contribution in [3.63, 3.8) is 0 Å². The summed E-state index contributed by atoms with van der Waals surface area (Å²) in [6.45, 7) is 0.764. The van der Waals surface area contributed by atoms with Crippen LogP contribution in [0.4, 0.5) is 4.79 Å². The minimum absolute atomic E-state index is 0.207. The highest BCUT2D eigenvalue weighted by Gasteiger charge is 2.37. The molecule has 2 heterocycles. The maximum absolute atomic E-state index is 12.7. The van der Waals surface area contributed by atoms with Gasteiger partial charge in [0.25, 0.3) is 5.91 Å². The molecule has 1 atom stereocenters. The number of H-pyrrole nitrogens is 1. The molecule has 4 rings (SSSR count). The molecule has 3 aromatic rings. The number of fused-ring (bicyclic) bond motifs is 1. The molecule has 28 heavy (non-hydrogen) atoms. The van der Waals surface area contributed by atoms with Crippen LogP contribution < -0.4 is 10.1 Å². The lowest BCUT2D eigenvalue weighted by Crippen LogP contribution is -2.33. The van der Waals surface area contributed by atoms with Gasteiger partial charge in [-0.25, -0.2) is 4.79 Å². The van der Waals surface area contributed by atoms with Gasteiger partial charge in [-0.1, -0.05) is 41.9 Å². The smallest absolute Gasteiger partial charge is 0.324 e. The molecule has 0 bridgehead atoms. The van der Waals surface area contributed by atoms with Gasteiger partial charge in [0, 0.05) is 24.5 Å². The summed E-state index contributed by atoms with van der Waals surface area (Å²) in [6, 6.07) is 14.2. The summed E-state index contributed by atoms with van der Waals surface area (Å²) < 4.78 is 5.62. The van der Waals surface area contributed by atoms with Gasteiger partial charge >= 0.3 is 6.03 Å². The van der Waals surface area contributed by atoms with E-state index in [4.69, 9.17) is 16.3 Å². The van der Waals surface area contributed by atoms with E-state index < -0.39 is 6.04 Å². The molecule has 1 aromatic heterocycles. The molecule has 0 saturated carbocycles. The molecule has 7 heteroatoms. The number of para-hydroxylation sites is 2. The Balaban J connectivity index is 1.35. The molecule has 6 nitrogen and oxygen atoms in total. The summed E-state index contributed by atoms with van der Waals surface area (Å²) in [5.74, 6) is 0.566. The number of benzene rings is 2. The van der Waals surface area contributed by atoms with Crippen molar-refractivity contribution in [2.24, 2.45) is 0 Å². The number of imide groups is 1. The van der Waals surface area contributed by atoms with Crippen molar-refractivity contribution in [2.45, 2.75) is 18.9 Å². The summed E-state index contributed by atoms with van der Waals surface area (Å²) in [5, 5.41) is 4.37. The van der Waals surface area contributed by atoms with Gasteiger partial charge in [-0.2, -0.15) is 0 Å². The van der Waals surface area contributed by atoms with E-state index in [-0.39, 0.29) is 11.9 Å². The summed E-state index contributed by atoms with van der Waals surface area (Å²) in [6.07, 6.45) is 2.83. The molecule has 144 valence electrons. The van der Waals surface area contributed by atoms with Crippen LogP contribution in [0.15, 0.2) is 54.7 Å². The van der Waals surface area contributed by atoms with Crippen LogP contribution in [0.2, 0.25) is 5.02 Å². The second kappa shape index (κ2) is 7.94. The van der Waals surface area contributed by atoms with Crippen LogP contribution in [-0.4, -0.2) is 41.0 Å². The van der Waals surface area contributed by atoms with Crippen LogP contribution in [0, 0.1) is 0 Å². The lowest BCUT2D eigenvalue weighted by Gasteiger charge is -2.13. The van der Waals surface area contributed by atoms with E-state index in [9.17, 15) is 9.59 Å². The van der Waals surface area contributed by atoms with Gasteiger partial charge < -0.3 is 15.0 Å². The third-order valence-corrected chi connectivity index (χ3v) is 5.13. The van der Waals surface area contributed by atoms with Crippen LogP contribution in [0.1, 0.15) is 12.0 Å². The predicted molar refractivity (Wildman–Crippen MR) is 108 cm³/mol. The molecule has 1 aliphatic heterocycles. The molecule has 2 aromatic carbocycles. The molecular formula is C21H20ClN3O3. The van der Waals surface area contributed by atoms with E-state index in [0.717, 1.165) is 22.2 Å². The van der Waals surface area contributed by atoms with E-state index in [1.54, 1.807) is 0 Å². The Labute approximate surface area is 167 Å². The quantitative estimate of drug-likeness (QED) is 0.471. The van der Waals surface area contributed by atoms with Crippen LogP contribution >= 0.6 is 11.6 Å². The Morgan fingerprint density at radius 3 is 2.71 bits per heavy atom. The van der Waals surface area contributed by atoms with Crippen molar-refractivity contribution in [2.75, 3.05) is 13.2 Å². The van der Waals surface area contributed by atoms with Gasteiger partial charge in [0.15, 0.2) is 0 Å². The number of aromatic amines is 1. The van der Waals surface area contributed by atoms with E-state index in [1.165, 1.54) is 4.90 Å². The molecule has 1 fully saturated rings. The van der Waals surface area contributed by atoms with Gasteiger partial charge in [-0.05, 0) is 30.2 Å². The minimum Gasteiger partial charge on any atom is -0.494 e. The standard InChI is InChI=1S/C21H20ClN3O3/c22-17-9-4-8-16-14(13-23-19(16)17)12-18-20(26)25(21(27)24-18)10-5-11-28-15-6-2-1-3-7-15/h1-4,6-9,13,18,23H,5,10-12H2,(H,24,27)/t18-/m1/s1. The van der Waals surface area contributed by atoms with E-state index in [1.807, 2.05) is 54.7 Å². The van der Waals surface area contributed by atoms with Gasteiger partial charge in [-0.3, -0.25) is 9.69 Å². The third kappa shape index (κ3) is 3.68. The number of nitrogens with one attached hydrogen (secondary N) is 2. The average Bonchev–Trinajstić information content (AvgIpc) is 3.23. The first-order valence-electron chi connectivity index (χ1n) is 9.17. The summed E-state index contributed by atoms with van der Waals surface area (Å²) >= 11 is 6.19. The maximum Gasteiger partial charge on any atom is 0.324 e. The number of urea groups is 1. The lowest BCUT2D eigenvalue weighted by atomic mass is 10.1. The molecule has 2 N–H and O–H groups in total. The molecule has 0 unspecified atom stereocenters. The Morgan fingerprint density at radius 2 is 1.89 bits per heavy atom. The second-order valence-electron chi connectivity index (χ2n) is 6.69. The number of hydrogen-bond donors (Lipinski definition) is 2. The zero-order chi connectivity index (χ0) is 19.5. The lowest BCUT2D eigenvalue weighted by molar-refractivity contribution is -0.127. The number of carbonyl (C=O) groups is 2. The third-order valence-electron chi connectivity index (χ3n) is 4.82.